The van der Waals surface area contributed by atoms with Crippen molar-refractivity contribution in [2.24, 2.45) is 0 Å². The third-order valence-electron chi connectivity index (χ3n) is 3.39. The maximum Gasteiger partial charge on any atom is 0.197 e. The highest BCUT2D eigenvalue weighted by Gasteiger charge is 2.16. The number of aromatic hydroxyl groups is 1. The summed E-state index contributed by atoms with van der Waals surface area (Å²) in [7, 11) is 1.45. The van der Waals surface area contributed by atoms with Crippen molar-refractivity contribution >= 4 is 11.0 Å². The van der Waals surface area contributed by atoms with E-state index in [2.05, 4.69) is 0 Å². The topological polar surface area (TPSA) is 59.7 Å². The SMILES string of the molecule is COc1c(C)cc2oc(-c3ccccc3)cc(=O)c2c1O. The molecule has 0 saturated heterocycles. The van der Waals surface area contributed by atoms with Crippen molar-refractivity contribution in [1.29, 1.82) is 0 Å². The first-order valence-electron chi connectivity index (χ1n) is 6.51. The van der Waals surface area contributed by atoms with E-state index in [1.165, 1.54) is 13.2 Å². The summed E-state index contributed by atoms with van der Waals surface area (Å²) in [6, 6.07) is 12.4. The highest BCUT2D eigenvalue weighted by atomic mass is 16.5. The van der Waals surface area contributed by atoms with E-state index in [0.717, 1.165) is 5.56 Å². The van der Waals surface area contributed by atoms with Crippen molar-refractivity contribution in [2.45, 2.75) is 6.92 Å². The van der Waals surface area contributed by atoms with Crippen LogP contribution in [0.3, 0.4) is 0 Å². The molecule has 0 saturated carbocycles. The predicted octanol–water partition coefficient (Wildman–Crippen LogP) is 3.48. The molecule has 0 amide bonds. The van der Waals surface area contributed by atoms with Gasteiger partial charge >= 0.3 is 0 Å². The summed E-state index contributed by atoms with van der Waals surface area (Å²) >= 11 is 0. The number of hydrogen-bond donors (Lipinski definition) is 1. The van der Waals surface area contributed by atoms with Gasteiger partial charge in [0, 0.05) is 11.6 Å². The zero-order chi connectivity index (χ0) is 15.0. The molecule has 106 valence electrons. The van der Waals surface area contributed by atoms with E-state index < -0.39 is 0 Å². The Morgan fingerprint density at radius 2 is 1.86 bits per heavy atom. The van der Waals surface area contributed by atoms with Crippen LogP contribution in [-0.2, 0) is 0 Å². The molecule has 0 radical (unpaired) electrons. The van der Waals surface area contributed by atoms with Gasteiger partial charge in [0.1, 0.15) is 16.7 Å². The van der Waals surface area contributed by atoms with Gasteiger partial charge in [0.25, 0.3) is 0 Å². The van der Waals surface area contributed by atoms with Gasteiger partial charge in [-0.2, -0.15) is 0 Å². The van der Waals surface area contributed by atoms with Crippen LogP contribution < -0.4 is 10.2 Å². The molecule has 4 nitrogen and oxygen atoms in total. The van der Waals surface area contributed by atoms with Gasteiger partial charge in [-0.05, 0) is 18.6 Å². The van der Waals surface area contributed by atoms with Crippen LogP contribution in [0.25, 0.3) is 22.3 Å². The van der Waals surface area contributed by atoms with Crippen LogP contribution in [0.2, 0.25) is 0 Å². The molecule has 4 heteroatoms. The monoisotopic (exact) mass is 282 g/mol. The molecular weight excluding hydrogens is 268 g/mol. The highest BCUT2D eigenvalue weighted by molar-refractivity contribution is 5.88. The van der Waals surface area contributed by atoms with E-state index in [1.807, 2.05) is 30.3 Å². The molecule has 0 atom stereocenters. The van der Waals surface area contributed by atoms with Crippen LogP contribution in [0.15, 0.2) is 51.7 Å². The van der Waals surface area contributed by atoms with Gasteiger partial charge in [-0.15, -0.1) is 0 Å². The van der Waals surface area contributed by atoms with E-state index in [0.29, 0.717) is 22.7 Å². The van der Waals surface area contributed by atoms with Crippen LogP contribution >= 0.6 is 0 Å². The quantitative estimate of drug-likeness (QED) is 0.781. The summed E-state index contributed by atoms with van der Waals surface area (Å²) in [6.07, 6.45) is 0. The first-order chi connectivity index (χ1) is 10.1. The molecule has 0 bridgehead atoms. The van der Waals surface area contributed by atoms with Gasteiger partial charge < -0.3 is 14.3 Å². The fourth-order valence-electron chi connectivity index (χ4n) is 2.41. The van der Waals surface area contributed by atoms with E-state index in [-0.39, 0.29) is 16.6 Å². The van der Waals surface area contributed by atoms with Gasteiger partial charge in [0.05, 0.1) is 7.11 Å². The first-order valence-corrected chi connectivity index (χ1v) is 6.51. The fourth-order valence-corrected chi connectivity index (χ4v) is 2.41. The Balaban J connectivity index is 2.34. The average Bonchev–Trinajstić information content (AvgIpc) is 2.47. The number of ether oxygens (including phenoxy) is 1. The van der Waals surface area contributed by atoms with Gasteiger partial charge in [0.2, 0.25) is 0 Å². The minimum absolute atomic E-state index is 0.136. The number of phenols is 1. The second-order valence-electron chi connectivity index (χ2n) is 4.79. The first kappa shape index (κ1) is 13.2. The predicted molar refractivity (Wildman–Crippen MR) is 80.9 cm³/mol. The standard InChI is InChI=1S/C17H14O4/c1-10-8-14-15(16(19)17(10)20-2)12(18)9-13(21-14)11-6-4-3-5-7-11/h3-9,19H,1-2H3. The molecule has 0 spiro atoms. The molecule has 2 aromatic carbocycles. The molecule has 3 aromatic rings. The van der Waals surface area contributed by atoms with Gasteiger partial charge in [0.15, 0.2) is 16.9 Å². The summed E-state index contributed by atoms with van der Waals surface area (Å²) in [6.45, 7) is 1.78. The summed E-state index contributed by atoms with van der Waals surface area (Å²) in [5.74, 6) is 0.584. The zero-order valence-electron chi connectivity index (χ0n) is 11.7. The molecule has 0 fully saturated rings. The Bertz CT molecular complexity index is 863. The Hall–Kier alpha value is -2.75. The lowest BCUT2D eigenvalue weighted by Gasteiger charge is -2.10. The van der Waals surface area contributed by atoms with Crippen molar-refractivity contribution in [2.75, 3.05) is 7.11 Å². The lowest BCUT2D eigenvalue weighted by Crippen LogP contribution is -2.02. The zero-order valence-corrected chi connectivity index (χ0v) is 11.7. The van der Waals surface area contributed by atoms with Gasteiger partial charge in [-0.25, -0.2) is 0 Å². The Morgan fingerprint density at radius 3 is 2.52 bits per heavy atom. The minimum atomic E-state index is -0.300. The molecule has 0 aliphatic rings. The number of fused-ring (bicyclic) bond motifs is 1. The fraction of sp³-hybridized carbons (Fsp3) is 0.118. The highest BCUT2D eigenvalue weighted by Crippen LogP contribution is 2.37. The molecule has 0 aliphatic carbocycles. The average molecular weight is 282 g/mol. The van der Waals surface area contributed by atoms with Crippen molar-refractivity contribution in [3.05, 3.63) is 58.3 Å². The Morgan fingerprint density at radius 1 is 1.14 bits per heavy atom. The van der Waals surface area contributed by atoms with Crippen LogP contribution in [-0.4, -0.2) is 12.2 Å². The van der Waals surface area contributed by atoms with Gasteiger partial charge in [-0.1, -0.05) is 30.3 Å². The third kappa shape index (κ3) is 2.14. The molecule has 1 heterocycles. The number of hydrogen-bond acceptors (Lipinski definition) is 4. The van der Waals surface area contributed by atoms with Crippen LogP contribution in [0.5, 0.6) is 11.5 Å². The number of benzene rings is 2. The maximum atomic E-state index is 12.3. The number of methoxy groups -OCH3 is 1. The molecule has 0 aliphatic heterocycles. The maximum absolute atomic E-state index is 12.3. The van der Waals surface area contributed by atoms with Crippen LogP contribution in [0.4, 0.5) is 0 Å². The third-order valence-corrected chi connectivity index (χ3v) is 3.39. The molecule has 3 rings (SSSR count). The summed E-state index contributed by atoms with van der Waals surface area (Å²) in [5, 5.41) is 10.3. The minimum Gasteiger partial charge on any atom is -0.504 e. The molecule has 21 heavy (non-hydrogen) atoms. The molecule has 0 unspecified atom stereocenters. The largest absolute Gasteiger partial charge is 0.504 e. The smallest absolute Gasteiger partial charge is 0.197 e. The summed E-state index contributed by atoms with van der Waals surface area (Å²) in [5.41, 5.74) is 1.56. The number of phenolic OH excluding ortho intramolecular Hbond substituents is 1. The summed E-state index contributed by atoms with van der Waals surface area (Å²) in [4.78, 5) is 12.3. The molecular formula is C17H14O4. The van der Waals surface area contributed by atoms with Crippen molar-refractivity contribution in [1.82, 2.24) is 0 Å². The number of aryl methyl sites for hydroxylation is 1. The second kappa shape index (κ2) is 4.98. The molecule has 1 aromatic heterocycles. The van der Waals surface area contributed by atoms with Crippen molar-refractivity contribution < 1.29 is 14.3 Å². The van der Waals surface area contributed by atoms with Gasteiger partial charge in [-0.3, -0.25) is 4.79 Å². The lowest BCUT2D eigenvalue weighted by molar-refractivity contribution is 0.373. The van der Waals surface area contributed by atoms with E-state index in [9.17, 15) is 9.90 Å². The Kier molecular flexibility index (Phi) is 3.14. The lowest BCUT2D eigenvalue weighted by atomic mass is 10.1. The van der Waals surface area contributed by atoms with Crippen LogP contribution in [0, 0.1) is 6.92 Å². The number of rotatable bonds is 2. The van der Waals surface area contributed by atoms with Crippen LogP contribution in [0.1, 0.15) is 5.56 Å². The van der Waals surface area contributed by atoms with Crippen molar-refractivity contribution in [3.63, 3.8) is 0 Å². The van der Waals surface area contributed by atoms with Crippen molar-refractivity contribution in [3.8, 4) is 22.8 Å². The van der Waals surface area contributed by atoms with E-state index in [1.54, 1.807) is 13.0 Å². The normalized spacial score (nSPS) is 10.8. The Labute approximate surface area is 121 Å². The second-order valence-corrected chi connectivity index (χ2v) is 4.79. The van der Waals surface area contributed by atoms with E-state index in [4.69, 9.17) is 9.15 Å². The van der Waals surface area contributed by atoms with E-state index >= 15 is 0 Å². The summed E-state index contributed by atoms with van der Waals surface area (Å²) < 4.78 is 10.9. The molecule has 1 N–H and O–H groups in total.